The molecular formula is C14H21FN4OS. The molecule has 21 heavy (non-hydrogen) atoms. The predicted molar refractivity (Wildman–Crippen MR) is 88.3 cm³/mol. The number of halogens is 1. The molecule has 5 nitrogen and oxygen atoms in total. The summed E-state index contributed by atoms with van der Waals surface area (Å²) in [5.41, 5.74) is 6.10. The molecule has 0 amide bonds. The van der Waals surface area contributed by atoms with Gasteiger partial charge in [0.25, 0.3) is 0 Å². The van der Waals surface area contributed by atoms with E-state index in [-0.39, 0.29) is 37.9 Å². The summed E-state index contributed by atoms with van der Waals surface area (Å²) in [6.45, 7) is 2.10. The highest BCUT2D eigenvalue weighted by molar-refractivity contribution is 7.59. The first-order chi connectivity index (χ1) is 9.63. The van der Waals surface area contributed by atoms with Crippen LogP contribution in [0.15, 0.2) is 18.2 Å². The Labute approximate surface area is 130 Å². The van der Waals surface area contributed by atoms with Crippen molar-refractivity contribution in [1.29, 1.82) is 0 Å². The van der Waals surface area contributed by atoms with E-state index in [0.29, 0.717) is 16.7 Å². The summed E-state index contributed by atoms with van der Waals surface area (Å²) in [7, 11) is 0. The number of rotatable bonds is 6. The van der Waals surface area contributed by atoms with Crippen molar-refractivity contribution in [1.82, 2.24) is 9.97 Å². The lowest BCUT2D eigenvalue weighted by molar-refractivity contribution is 0.267. The third-order valence-corrected chi connectivity index (χ3v) is 3.14. The molecule has 7 heteroatoms. The molecule has 0 unspecified atom stereocenters. The molecule has 4 N–H and O–H groups in total. The smallest absolute Gasteiger partial charge is 0.222 e. The van der Waals surface area contributed by atoms with Crippen LogP contribution in [0.3, 0.4) is 0 Å². The van der Waals surface area contributed by atoms with E-state index in [4.69, 9.17) is 5.73 Å². The molecule has 0 aliphatic carbocycles. The fourth-order valence-corrected chi connectivity index (χ4v) is 2.08. The largest absolute Gasteiger partial charge is 0.394 e. The number of aromatic nitrogens is 2. The minimum Gasteiger partial charge on any atom is -0.394 e. The number of benzene rings is 1. The van der Waals surface area contributed by atoms with E-state index in [1.807, 2.05) is 0 Å². The first-order valence-electron chi connectivity index (χ1n) is 6.74. The minimum atomic E-state index is -0.369. The SMILES string of the molecule is CCCC[C@@H](CO)Nc1nc(N)nc2cc(F)ccc12.S. The molecular weight excluding hydrogens is 291 g/mol. The molecule has 1 aromatic heterocycles. The van der Waals surface area contributed by atoms with Gasteiger partial charge in [-0.15, -0.1) is 0 Å². The number of nitrogens with zero attached hydrogens (tertiary/aromatic N) is 2. The number of aliphatic hydroxyl groups is 1. The van der Waals surface area contributed by atoms with Crippen molar-refractivity contribution < 1.29 is 9.50 Å². The summed E-state index contributed by atoms with van der Waals surface area (Å²) in [5, 5.41) is 13.3. The third-order valence-electron chi connectivity index (χ3n) is 3.14. The Kier molecular flexibility index (Phi) is 6.64. The summed E-state index contributed by atoms with van der Waals surface area (Å²) in [4.78, 5) is 8.17. The average Bonchev–Trinajstić information content (AvgIpc) is 2.42. The Bertz CT molecular complexity index is 591. The summed E-state index contributed by atoms with van der Waals surface area (Å²) < 4.78 is 13.2. The van der Waals surface area contributed by atoms with E-state index < -0.39 is 0 Å². The fourth-order valence-electron chi connectivity index (χ4n) is 2.08. The van der Waals surface area contributed by atoms with Gasteiger partial charge in [-0.2, -0.15) is 18.5 Å². The van der Waals surface area contributed by atoms with Crippen molar-refractivity contribution in [3.63, 3.8) is 0 Å². The highest BCUT2D eigenvalue weighted by Crippen LogP contribution is 2.23. The second-order valence-corrected chi connectivity index (χ2v) is 4.76. The van der Waals surface area contributed by atoms with Gasteiger partial charge in [-0.25, -0.2) is 9.37 Å². The molecule has 0 saturated heterocycles. The molecule has 0 bridgehead atoms. The van der Waals surface area contributed by atoms with Crippen LogP contribution in [-0.2, 0) is 0 Å². The lowest BCUT2D eigenvalue weighted by atomic mass is 10.1. The zero-order valence-electron chi connectivity index (χ0n) is 11.9. The maximum atomic E-state index is 13.2. The number of aliphatic hydroxyl groups excluding tert-OH is 1. The van der Waals surface area contributed by atoms with Gasteiger partial charge < -0.3 is 16.2 Å². The highest BCUT2D eigenvalue weighted by atomic mass is 32.1. The minimum absolute atomic E-state index is 0. The van der Waals surface area contributed by atoms with Crippen molar-refractivity contribution in [2.75, 3.05) is 17.7 Å². The molecule has 0 saturated carbocycles. The first-order valence-corrected chi connectivity index (χ1v) is 6.74. The zero-order valence-corrected chi connectivity index (χ0v) is 12.9. The molecule has 1 heterocycles. The van der Waals surface area contributed by atoms with Gasteiger partial charge in [0.15, 0.2) is 0 Å². The van der Waals surface area contributed by atoms with E-state index in [1.54, 1.807) is 6.07 Å². The number of anilines is 2. The molecule has 0 aliphatic heterocycles. The van der Waals surface area contributed by atoms with Crippen LogP contribution < -0.4 is 11.1 Å². The van der Waals surface area contributed by atoms with Gasteiger partial charge in [-0.3, -0.25) is 0 Å². The average molecular weight is 312 g/mol. The van der Waals surface area contributed by atoms with Gasteiger partial charge in [0, 0.05) is 11.5 Å². The Morgan fingerprint density at radius 1 is 1.38 bits per heavy atom. The number of nitrogen functional groups attached to an aromatic ring is 1. The standard InChI is InChI=1S/C14H19FN4O.H2S/c1-2-3-4-10(8-20)17-13-11-6-5-9(15)7-12(11)18-14(16)19-13;/h5-7,10,20H,2-4,8H2,1H3,(H3,16,17,18,19);1H2/t10-;/m0./s1. The second kappa shape index (κ2) is 7.99. The van der Waals surface area contributed by atoms with Gasteiger partial charge in [0.2, 0.25) is 5.95 Å². The van der Waals surface area contributed by atoms with Crippen LogP contribution in [-0.4, -0.2) is 27.7 Å². The number of nitrogens with one attached hydrogen (secondary N) is 1. The zero-order chi connectivity index (χ0) is 14.5. The number of fused-ring (bicyclic) bond motifs is 1. The summed E-state index contributed by atoms with van der Waals surface area (Å²) >= 11 is 0. The maximum Gasteiger partial charge on any atom is 0.222 e. The molecule has 2 rings (SSSR count). The van der Waals surface area contributed by atoms with Crippen LogP contribution in [0, 0.1) is 5.82 Å². The van der Waals surface area contributed by atoms with Gasteiger partial charge >= 0.3 is 0 Å². The first kappa shape index (κ1) is 17.5. The second-order valence-electron chi connectivity index (χ2n) is 4.76. The Morgan fingerprint density at radius 2 is 2.14 bits per heavy atom. The third kappa shape index (κ3) is 4.44. The van der Waals surface area contributed by atoms with Crippen LogP contribution in [0.25, 0.3) is 10.9 Å². The van der Waals surface area contributed by atoms with Gasteiger partial charge in [0.05, 0.1) is 18.2 Å². The molecule has 2 aromatic rings. The number of unbranched alkanes of at least 4 members (excludes halogenated alkanes) is 1. The summed E-state index contributed by atoms with van der Waals surface area (Å²) in [6, 6.07) is 4.18. The van der Waals surface area contributed by atoms with Crippen LogP contribution in [0.5, 0.6) is 0 Å². The molecule has 0 radical (unpaired) electrons. The van der Waals surface area contributed by atoms with Crippen molar-refractivity contribution in [3.05, 3.63) is 24.0 Å². The molecule has 0 aliphatic rings. The van der Waals surface area contributed by atoms with Crippen LogP contribution >= 0.6 is 13.5 Å². The van der Waals surface area contributed by atoms with Crippen molar-refractivity contribution in [2.24, 2.45) is 0 Å². The predicted octanol–water partition coefficient (Wildman–Crippen LogP) is 2.43. The summed E-state index contributed by atoms with van der Waals surface area (Å²) in [5.74, 6) is 0.242. The summed E-state index contributed by atoms with van der Waals surface area (Å²) in [6.07, 6.45) is 2.89. The fraction of sp³-hybridized carbons (Fsp3) is 0.429. The number of hydrogen-bond acceptors (Lipinski definition) is 5. The Hall–Kier alpha value is -1.60. The highest BCUT2D eigenvalue weighted by Gasteiger charge is 2.12. The molecule has 0 fully saturated rings. The normalized spacial score (nSPS) is 12.0. The molecule has 1 atom stereocenters. The van der Waals surface area contributed by atoms with Gasteiger partial charge in [-0.05, 0) is 18.6 Å². The van der Waals surface area contributed by atoms with E-state index in [2.05, 4.69) is 22.2 Å². The van der Waals surface area contributed by atoms with E-state index in [1.165, 1.54) is 12.1 Å². The van der Waals surface area contributed by atoms with E-state index in [0.717, 1.165) is 19.3 Å². The van der Waals surface area contributed by atoms with Crippen LogP contribution in [0.1, 0.15) is 26.2 Å². The maximum absolute atomic E-state index is 13.2. The van der Waals surface area contributed by atoms with Gasteiger partial charge in [-0.1, -0.05) is 19.8 Å². The monoisotopic (exact) mass is 312 g/mol. The van der Waals surface area contributed by atoms with Crippen molar-refractivity contribution in [3.8, 4) is 0 Å². The number of hydrogen-bond donors (Lipinski definition) is 3. The lowest BCUT2D eigenvalue weighted by Gasteiger charge is -2.18. The van der Waals surface area contributed by atoms with Crippen molar-refractivity contribution >= 4 is 36.2 Å². The van der Waals surface area contributed by atoms with Gasteiger partial charge in [0.1, 0.15) is 11.6 Å². The van der Waals surface area contributed by atoms with Crippen LogP contribution in [0.4, 0.5) is 16.2 Å². The Balaban J connectivity index is 0.00000220. The molecule has 1 aromatic carbocycles. The van der Waals surface area contributed by atoms with Crippen LogP contribution in [0.2, 0.25) is 0 Å². The van der Waals surface area contributed by atoms with Crippen molar-refractivity contribution in [2.45, 2.75) is 32.2 Å². The molecule has 0 spiro atoms. The lowest BCUT2D eigenvalue weighted by Crippen LogP contribution is -2.24. The van der Waals surface area contributed by atoms with E-state index >= 15 is 0 Å². The van der Waals surface area contributed by atoms with E-state index in [9.17, 15) is 9.50 Å². The Morgan fingerprint density at radius 3 is 2.81 bits per heavy atom. The topological polar surface area (TPSA) is 84.1 Å². The quantitative estimate of drug-likeness (QED) is 0.763. The molecule has 116 valence electrons. The number of nitrogens with two attached hydrogens (primary N) is 1.